The zero-order chi connectivity index (χ0) is 18.5. The molecule has 0 radical (unpaired) electrons. The summed E-state index contributed by atoms with van der Waals surface area (Å²) in [4.78, 5) is 12.5. The number of hydrogen-bond acceptors (Lipinski definition) is 4. The summed E-state index contributed by atoms with van der Waals surface area (Å²) in [5, 5.41) is 0. The van der Waals surface area contributed by atoms with Gasteiger partial charge >= 0.3 is 0 Å². The normalized spacial score (nSPS) is 11.0. The Bertz CT molecular complexity index is 997. The lowest BCUT2D eigenvalue weighted by atomic mass is 10.2. The molecule has 27 heavy (non-hydrogen) atoms. The smallest absolute Gasteiger partial charge is 0.157 e. The molecule has 136 valence electrons. The van der Waals surface area contributed by atoms with E-state index < -0.39 is 0 Å². The average Bonchev–Trinajstić information content (AvgIpc) is 3.13. The second-order valence-corrected chi connectivity index (χ2v) is 7.38. The van der Waals surface area contributed by atoms with Gasteiger partial charge < -0.3 is 9.72 Å². The van der Waals surface area contributed by atoms with Gasteiger partial charge in [0.15, 0.2) is 5.82 Å². The van der Waals surface area contributed by atoms with E-state index in [1.54, 1.807) is 6.20 Å². The van der Waals surface area contributed by atoms with Crippen molar-refractivity contribution >= 4 is 22.8 Å². The Labute approximate surface area is 163 Å². The number of ether oxygens (including phenoxy) is 1. The predicted molar refractivity (Wildman–Crippen MR) is 112 cm³/mol. The van der Waals surface area contributed by atoms with Crippen LogP contribution in [0.3, 0.4) is 0 Å². The third-order valence-electron chi connectivity index (χ3n) is 4.36. The Kier molecular flexibility index (Phi) is 5.39. The molecule has 0 atom stereocenters. The zero-order valence-electron chi connectivity index (χ0n) is 15.2. The molecular formula is C22H21N3OS. The van der Waals surface area contributed by atoms with Gasteiger partial charge in [-0.15, -0.1) is 0 Å². The second-order valence-electron chi connectivity index (χ2n) is 6.27. The SMILES string of the molecule is Cc1c(OCCSCc2ccccc2)ccnc1-c1nc2ccccc2[nH]1. The molecule has 5 heteroatoms. The lowest BCUT2D eigenvalue weighted by Gasteiger charge is -2.11. The van der Waals surface area contributed by atoms with Gasteiger partial charge in [0.25, 0.3) is 0 Å². The van der Waals surface area contributed by atoms with Crippen LogP contribution in [0.4, 0.5) is 0 Å². The quantitative estimate of drug-likeness (QED) is 0.449. The summed E-state index contributed by atoms with van der Waals surface area (Å²) >= 11 is 1.88. The number of aromatic nitrogens is 3. The Morgan fingerprint density at radius 3 is 2.67 bits per heavy atom. The van der Waals surface area contributed by atoms with Gasteiger partial charge in [-0.25, -0.2) is 4.98 Å². The molecule has 0 saturated carbocycles. The van der Waals surface area contributed by atoms with Gasteiger partial charge in [0, 0.05) is 23.3 Å². The van der Waals surface area contributed by atoms with E-state index >= 15 is 0 Å². The number of fused-ring (bicyclic) bond motifs is 1. The van der Waals surface area contributed by atoms with Crippen molar-refractivity contribution in [1.29, 1.82) is 0 Å². The first-order chi connectivity index (χ1) is 13.3. The Hall–Kier alpha value is -2.79. The number of nitrogens with one attached hydrogen (secondary N) is 1. The highest BCUT2D eigenvalue weighted by Gasteiger charge is 2.12. The predicted octanol–water partition coefficient (Wildman–Crippen LogP) is 5.25. The lowest BCUT2D eigenvalue weighted by molar-refractivity contribution is 0.341. The number of pyridine rings is 1. The number of hydrogen-bond donors (Lipinski definition) is 1. The largest absolute Gasteiger partial charge is 0.492 e. The van der Waals surface area contributed by atoms with Crippen molar-refractivity contribution in [3.63, 3.8) is 0 Å². The van der Waals surface area contributed by atoms with E-state index in [2.05, 4.69) is 39.2 Å². The van der Waals surface area contributed by atoms with Crippen LogP contribution in [0.25, 0.3) is 22.6 Å². The maximum Gasteiger partial charge on any atom is 0.157 e. The van der Waals surface area contributed by atoms with Crippen molar-refractivity contribution < 1.29 is 4.74 Å². The van der Waals surface area contributed by atoms with Crippen LogP contribution in [0, 0.1) is 6.92 Å². The average molecular weight is 375 g/mol. The van der Waals surface area contributed by atoms with Crippen LogP contribution in [-0.2, 0) is 5.75 Å². The van der Waals surface area contributed by atoms with Crippen molar-refractivity contribution in [2.24, 2.45) is 0 Å². The van der Waals surface area contributed by atoms with Crippen molar-refractivity contribution in [3.05, 3.63) is 78.0 Å². The number of H-pyrrole nitrogens is 1. The first-order valence-electron chi connectivity index (χ1n) is 8.96. The molecule has 2 aromatic heterocycles. The number of imidazole rings is 1. The highest BCUT2D eigenvalue weighted by atomic mass is 32.2. The van der Waals surface area contributed by atoms with Gasteiger partial charge in [-0.1, -0.05) is 42.5 Å². The molecule has 1 N–H and O–H groups in total. The van der Waals surface area contributed by atoms with Crippen LogP contribution in [0.2, 0.25) is 0 Å². The summed E-state index contributed by atoms with van der Waals surface area (Å²) in [6, 6.07) is 20.4. The third-order valence-corrected chi connectivity index (χ3v) is 5.36. The molecule has 4 rings (SSSR count). The lowest BCUT2D eigenvalue weighted by Crippen LogP contribution is -2.03. The fraction of sp³-hybridized carbons (Fsp3) is 0.182. The minimum Gasteiger partial charge on any atom is -0.492 e. The van der Waals surface area contributed by atoms with Gasteiger partial charge in [-0.2, -0.15) is 11.8 Å². The van der Waals surface area contributed by atoms with Gasteiger partial charge in [-0.05, 0) is 30.7 Å². The van der Waals surface area contributed by atoms with E-state index in [-0.39, 0.29) is 0 Å². The number of benzene rings is 2. The van der Waals surface area contributed by atoms with Crippen LogP contribution in [0.15, 0.2) is 66.9 Å². The first kappa shape index (κ1) is 17.6. The van der Waals surface area contributed by atoms with E-state index in [4.69, 9.17) is 4.74 Å². The van der Waals surface area contributed by atoms with Gasteiger partial charge in [-0.3, -0.25) is 4.98 Å². The topological polar surface area (TPSA) is 50.8 Å². The van der Waals surface area contributed by atoms with Gasteiger partial charge in [0.05, 0.1) is 17.6 Å². The zero-order valence-corrected chi connectivity index (χ0v) is 16.0. The Morgan fingerprint density at radius 1 is 1.00 bits per heavy atom. The van der Waals surface area contributed by atoms with E-state index in [0.29, 0.717) is 6.61 Å². The second kappa shape index (κ2) is 8.27. The summed E-state index contributed by atoms with van der Waals surface area (Å²) in [6.45, 7) is 2.70. The highest BCUT2D eigenvalue weighted by Crippen LogP contribution is 2.27. The summed E-state index contributed by atoms with van der Waals surface area (Å²) in [5.41, 5.74) is 5.13. The fourth-order valence-electron chi connectivity index (χ4n) is 2.95. The maximum absolute atomic E-state index is 6.01. The Balaban J connectivity index is 1.40. The molecule has 0 amide bonds. The fourth-order valence-corrected chi connectivity index (χ4v) is 3.73. The van der Waals surface area contributed by atoms with Gasteiger partial charge in [0.2, 0.25) is 0 Å². The maximum atomic E-state index is 6.01. The molecule has 0 aliphatic rings. The summed E-state index contributed by atoms with van der Waals surface area (Å²) < 4.78 is 6.01. The minimum atomic E-state index is 0.669. The summed E-state index contributed by atoms with van der Waals surface area (Å²) in [5.74, 6) is 3.58. The molecule has 0 bridgehead atoms. The molecular weight excluding hydrogens is 354 g/mol. The van der Waals surface area contributed by atoms with Crippen molar-refractivity contribution in [2.75, 3.05) is 12.4 Å². The van der Waals surface area contributed by atoms with Crippen molar-refractivity contribution in [3.8, 4) is 17.3 Å². The minimum absolute atomic E-state index is 0.669. The number of rotatable bonds is 7. The van der Waals surface area contributed by atoms with Crippen molar-refractivity contribution in [2.45, 2.75) is 12.7 Å². The van der Waals surface area contributed by atoms with E-state index in [0.717, 1.165) is 45.4 Å². The monoisotopic (exact) mass is 375 g/mol. The molecule has 0 aliphatic carbocycles. The molecule has 0 unspecified atom stereocenters. The summed E-state index contributed by atoms with van der Waals surface area (Å²) in [7, 11) is 0. The van der Waals surface area contributed by atoms with Crippen LogP contribution in [0.5, 0.6) is 5.75 Å². The first-order valence-corrected chi connectivity index (χ1v) is 10.1. The van der Waals surface area contributed by atoms with E-state index in [9.17, 15) is 0 Å². The van der Waals surface area contributed by atoms with Crippen LogP contribution < -0.4 is 4.74 Å². The third kappa shape index (κ3) is 4.14. The van der Waals surface area contributed by atoms with E-state index in [1.165, 1.54) is 5.56 Å². The molecule has 0 saturated heterocycles. The number of para-hydroxylation sites is 2. The number of nitrogens with zero attached hydrogens (tertiary/aromatic N) is 2. The molecule has 0 aliphatic heterocycles. The van der Waals surface area contributed by atoms with Crippen LogP contribution in [0.1, 0.15) is 11.1 Å². The standard InChI is InChI=1S/C22H21N3OS/c1-16-20(26-13-14-27-15-17-7-3-2-4-8-17)11-12-23-21(16)22-24-18-9-5-6-10-19(18)25-22/h2-12H,13-15H2,1H3,(H,24,25). The van der Waals surface area contributed by atoms with Gasteiger partial charge in [0.1, 0.15) is 11.4 Å². The highest BCUT2D eigenvalue weighted by molar-refractivity contribution is 7.98. The number of thioether (sulfide) groups is 1. The molecule has 0 fully saturated rings. The van der Waals surface area contributed by atoms with Crippen molar-refractivity contribution in [1.82, 2.24) is 15.0 Å². The Morgan fingerprint density at radius 2 is 1.81 bits per heavy atom. The number of aromatic amines is 1. The molecule has 4 nitrogen and oxygen atoms in total. The van der Waals surface area contributed by atoms with Crippen LogP contribution in [-0.4, -0.2) is 27.3 Å². The molecule has 0 spiro atoms. The molecule has 4 aromatic rings. The summed E-state index contributed by atoms with van der Waals surface area (Å²) in [6.07, 6.45) is 1.78. The molecule has 2 aromatic carbocycles. The molecule has 2 heterocycles. The van der Waals surface area contributed by atoms with Crippen LogP contribution >= 0.6 is 11.8 Å². The van der Waals surface area contributed by atoms with E-state index in [1.807, 2.05) is 55.1 Å².